The van der Waals surface area contributed by atoms with Crippen molar-refractivity contribution in [2.75, 3.05) is 0 Å². The summed E-state index contributed by atoms with van der Waals surface area (Å²) < 4.78 is 4.86. The molecule has 0 fully saturated rings. The quantitative estimate of drug-likeness (QED) is 0.541. The van der Waals surface area contributed by atoms with E-state index in [1.807, 2.05) is 0 Å². The number of hydrogen-bond acceptors (Lipinski definition) is 3. The van der Waals surface area contributed by atoms with Crippen LogP contribution >= 0.6 is 11.6 Å². The Balaban J connectivity index is 2.45. The van der Waals surface area contributed by atoms with Crippen LogP contribution in [-0.4, -0.2) is 11.8 Å². The van der Waals surface area contributed by atoms with Crippen molar-refractivity contribution in [2.45, 2.75) is 6.92 Å². The van der Waals surface area contributed by atoms with Gasteiger partial charge in [-0.3, -0.25) is 4.79 Å². The van der Waals surface area contributed by atoms with E-state index in [1.54, 1.807) is 31.2 Å². The van der Waals surface area contributed by atoms with Crippen LogP contribution in [0, 0.1) is 0 Å². The number of ether oxygens (including phenoxy) is 1. The third-order valence-electron chi connectivity index (χ3n) is 2.17. The summed E-state index contributed by atoms with van der Waals surface area (Å²) in [6.45, 7) is 1.57. The number of carbonyl (C=O) groups is 2. The molecule has 15 heavy (non-hydrogen) atoms. The number of ketones is 1. The van der Waals surface area contributed by atoms with Crippen LogP contribution in [0.25, 0.3) is 5.76 Å². The molecule has 76 valence electrons. The van der Waals surface area contributed by atoms with E-state index in [-0.39, 0.29) is 0 Å². The zero-order valence-electron chi connectivity index (χ0n) is 7.91. The minimum absolute atomic E-state index is 0.321. The summed E-state index contributed by atoms with van der Waals surface area (Å²) in [5.74, 6) is -1.08. The number of benzene rings is 1. The summed E-state index contributed by atoms with van der Waals surface area (Å²) in [5, 5.41) is 0.590. The van der Waals surface area contributed by atoms with Crippen LogP contribution in [0.5, 0.6) is 0 Å². The molecule has 0 saturated heterocycles. The van der Waals surface area contributed by atoms with Crippen LogP contribution in [0.3, 0.4) is 0 Å². The molecule has 1 heterocycles. The predicted molar refractivity (Wildman–Crippen MR) is 55.1 cm³/mol. The lowest BCUT2D eigenvalue weighted by atomic mass is 10.1. The van der Waals surface area contributed by atoms with E-state index >= 15 is 0 Å². The van der Waals surface area contributed by atoms with E-state index in [0.29, 0.717) is 21.9 Å². The van der Waals surface area contributed by atoms with Crippen molar-refractivity contribution in [3.05, 3.63) is 40.4 Å². The molecule has 1 aliphatic heterocycles. The average molecular weight is 223 g/mol. The number of cyclic esters (lactones) is 1. The smallest absolute Gasteiger partial charge is 0.384 e. The number of Topliss-reactive ketones (excluding diaryl/α,β-unsaturated/α-hetero) is 1. The zero-order valence-corrected chi connectivity index (χ0v) is 8.67. The highest BCUT2D eigenvalue weighted by atomic mass is 35.5. The maximum Gasteiger partial charge on any atom is 0.384 e. The number of esters is 1. The summed E-state index contributed by atoms with van der Waals surface area (Å²) >= 11 is 5.72. The molecule has 0 amide bonds. The van der Waals surface area contributed by atoms with Crippen molar-refractivity contribution in [3.63, 3.8) is 0 Å². The summed E-state index contributed by atoms with van der Waals surface area (Å²) in [6, 6.07) is 6.75. The summed E-state index contributed by atoms with van der Waals surface area (Å²) in [6.07, 6.45) is 0. The van der Waals surface area contributed by atoms with Gasteiger partial charge in [0, 0.05) is 16.2 Å². The maximum absolute atomic E-state index is 11.2. The molecule has 1 aromatic carbocycles. The Hall–Kier alpha value is -1.61. The first-order chi connectivity index (χ1) is 7.09. The van der Waals surface area contributed by atoms with Crippen molar-refractivity contribution in [1.29, 1.82) is 0 Å². The summed E-state index contributed by atoms with van der Waals surface area (Å²) in [5.41, 5.74) is 1.01. The monoisotopic (exact) mass is 222 g/mol. The van der Waals surface area contributed by atoms with Crippen molar-refractivity contribution >= 4 is 29.1 Å². The third kappa shape index (κ3) is 1.66. The lowest BCUT2D eigenvalue weighted by molar-refractivity contribution is -0.144. The molecule has 0 aliphatic carbocycles. The van der Waals surface area contributed by atoms with E-state index in [1.165, 1.54) is 0 Å². The van der Waals surface area contributed by atoms with E-state index < -0.39 is 11.8 Å². The molecular formula is C11H7ClO3. The predicted octanol–water partition coefficient (Wildman–Crippen LogP) is 2.20. The fourth-order valence-corrected chi connectivity index (χ4v) is 1.47. The molecule has 0 bridgehead atoms. The molecule has 0 N–H and O–H groups in total. The van der Waals surface area contributed by atoms with Crippen LogP contribution in [0.1, 0.15) is 12.5 Å². The van der Waals surface area contributed by atoms with Gasteiger partial charge in [-0.15, -0.1) is 0 Å². The van der Waals surface area contributed by atoms with E-state index in [2.05, 4.69) is 0 Å². The van der Waals surface area contributed by atoms with Crippen molar-refractivity contribution < 1.29 is 14.3 Å². The maximum atomic E-state index is 11.2. The molecule has 3 nitrogen and oxygen atoms in total. The van der Waals surface area contributed by atoms with E-state index in [9.17, 15) is 9.59 Å². The lowest BCUT2D eigenvalue weighted by Crippen LogP contribution is -2.07. The fraction of sp³-hybridized carbons (Fsp3) is 0.0909. The number of halogens is 1. The third-order valence-corrected chi connectivity index (χ3v) is 2.42. The molecular weight excluding hydrogens is 216 g/mol. The highest BCUT2D eigenvalue weighted by molar-refractivity contribution is 6.45. The van der Waals surface area contributed by atoms with Gasteiger partial charge in [0.05, 0.1) is 0 Å². The highest BCUT2D eigenvalue weighted by Gasteiger charge is 2.31. The Morgan fingerprint density at radius 3 is 2.20 bits per heavy atom. The summed E-state index contributed by atoms with van der Waals surface area (Å²) in [7, 11) is 0. The van der Waals surface area contributed by atoms with Crippen molar-refractivity contribution in [1.82, 2.24) is 0 Å². The second-order valence-corrected chi connectivity index (χ2v) is 3.62. The van der Waals surface area contributed by atoms with Gasteiger partial charge >= 0.3 is 5.97 Å². The Kier molecular flexibility index (Phi) is 2.32. The molecule has 4 heteroatoms. The van der Waals surface area contributed by atoms with Crippen molar-refractivity contribution in [2.24, 2.45) is 0 Å². The molecule has 0 spiro atoms. The number of carbonyl (C=O) groups excluding carboxylic acids is 2. The normalized spacial score (nSPS) is 15.9. The van der Waals surface area contributed by atoms with Gasteiger partial charge in [-0.05, 0) is 31.2 Å². The second-order valence-electron chi connectivity index (χ2n) is 3.18. The molecule has 0 unspecified atom stereocenters. The van der Waals surface area contributed by atoms with Gasteiger partial charge < -0.3 is 4.74 Å². The number of hydrogen-bond donors (Lipinski definition) is 0. The topological polar surface area (TPSA) is 43.4 Å². The number of rotatable bonds is 1. The average Bonchev–Trinajstić information content (AvgIpc) is 2.47. The Bertz CT molecular complexity index is 471. The van der Waals surface area contributed by atoms with Crippen LogP contribution in [0.15, 0.2) is 29.8 Å². The largest absolute Gasteiger partial charge is 0.419 e. The van der Waals surface area contributed by atoms with Crippen LogP contribution in [-0.2, 0) is 14.3 Å². The first-order valence-electron chi connectivity index (χ1n) is 4.33. The molecule has 0 saturated carbocycles. The molecule has 2 rings (SSSR count). The summed E-state index contributed by atoms with van der Waals surface area (Å²) in [4.78, 5) is 22.2. The van der Waals surface area contributed by atoms with Crippen LogP contribution < -0.4 is 0 Å². The standard InChI is InChI=1S/C11H7ClO3/c1-6-9(13)11(14)15-10(6)7-2-4-8(12)5-3-7/h2-5H,1H3. The van der Waals surface area contributed by atoms with Gasteiger partial charge in [-0.25, -0.2) is 4.79 Å². The Morgan fingerprint density at radius 1 is 1.13 bits per heavy atom. The molecule has 0 radical (unpaired) electrons. The molecule has 1 aliphatic rings. The second kappa shape index (κ2) is 3.51. The zero-order chi connectivity index (χ0) is 11.0. The fourth-order valence-electron chi connectivity index (χ4n) is 1.35. The van der Waals surface area contributed by atoms with E-state index in [4.69, 9.17) is 16.3 Å². The van der Waals surface area contributed by atoms with Crippen LogP contribution in [0.4, 0.5) is 0 Å². The minimum Gasteiger partial charge on any atom is -0.419 e. The van der Waals surface area contributed by atoms with Gasteiger partial charge in [0.25, 0.3) is 5.78 Å². The lowest BCUT2D eigenvalue weighted by Gasteiger charge is -2.01. The first-order valence-corrected chi connectivity index (χ1v) is 4.70. The van der Waals surface area contributed by atoms with Gasteiger partial charge in [-0.2, -0.15) is 0 Å². The SMILES string of the molecule is CC1=C(c2ccc(Cl)cc2)OC(=O)C1=O. The van der Waals surface area contributed by atoms with E-state index in [0.717, 1.165) is 0 Å². The highest BCUT2D eigenvalue weighted by Crippen LogP contribution is 2.27. The van der Waals surface area contributed by atoms with Gasteiger partial charge in [-0.1, -0.05) is 11.6 Å². The Morgan fingerprint density at radius 2 is 1.73 bits per heavy atom. The van der Waals surface area contributed by atoms with Gasteiger partial charge in [0.15, 0.2) is 0 Å². The molecule has 1 aromatic rings. The Labute approximate surface area is 91.3 Å². The van der Waals surface area contributed by atoms with Gasteiger partial charge in [0.1, 0.15) is 5.76 Å². The van der Waals surface area contributed by atoms with Crippen LogP contribution in [0.2, 0.25) is 5.02 Å². The van der Waals surface area contributed by atoms with Crippen molar-refractivity contribution in [3.8, 4) is 0 Å². The minimum atomic E-state index is -0.822. The van der Waals surface area contributed by atoms with Gasteiger partial charge in [0.2, 0.25) is 0 Å². The molecule has 0 atom stereocenters. The molecule has 0 aromatic heterocycles. The first kappa shape index (κ1) is 9.93.